The van der Waals surface area contributed by atoms with E-state index in [1.807, 2.05) is 12.1 Å². The van der Waals surface area contributed by atoms with Crippen molar-refractivity contribution in [3.8, 4) is 0 Å². The molecule has 9 heteroatoms. The largest absolute Gasteiger partial charge is 0.393 e. The van der Waals surface area contributed by atoms with Crippen LogP contribution in [0.15, 0.2) is 48.5 Å². The molecule has 4 fully saturated rings. The van der Waals surface area contributed by atoms with Crippen LogP contribution in [0.25, 0.3) is 0 Å². The average molecular weight is 660 g/mol. The quantitative estimate of drug-likeness (QED) is 0.146. The first kappa shape index (κ1) is 34.6. The van der Waals surface area contributed by atoms with Crippen LogP contribution in [-0.2, 0) is 17.9 Å². The second-order valence-electron chi connectivity index (χ2n) is 15.7. The normalized spacial score (nSPS) is 33.9. The third-order valence-corrected chi connectivity index (χ3v) is 13.3. The Morgan fingerprint density at radius 3 is 2.02 bits per heavy atom. The van der Waals surface area contributed by atoms with Crippen LogP contribution in [0.1, 0.15) is 116 Å². The summed E-state index contributed by atoms with van der Waals surface area (Å²) in [5.41, 5.74) is 4.66. The SMILES string of the molecule is CC12CCC3C(C(O)CC4C[C@H](O)CCC43C)C1CCC2CCCC(=O)NCc1ccc(C(=O)NCc2ccc(C(=O)NO)cc2)cc1. The molecule has 0 heterocycles. The summed E-state index contributed by atoms with van der Waals surface area (Å²) in [6, 6.07) is 13.8. The fourth-order valence-electron chi connectivity index (χ4n) is 10.5. The Balaban J connectivity index is 0.931. The van der Waals surface area contributed by atoms with E-state index in [-0.39, 0.29) is 34.9 Å². The molecule has 8 unspecified atom stereocenters. The first-order chi connectivity index (χ1) is 23.0. The van der Waals surface area contributed by atoms with Gasteiger partial charge in [-0.15, -0.1) is 0 Å². The number of hydroxylamine groups is 1. The van der Waals surface area contributed by atoms with Crippen LogP contribution in [0.4, 0.5) is 0 Å². The number of aliphatic hydroxyl groups is 2. The number of benzene rings is 2. The molecule has 0 aromatic heterocycles. The number of aliphatic hydroxyl groups excluding tert-OH is 2. The molecule has 260 valence electrons. The zero-order valence-electron chi connectivity index (χ0n) is 28.4. The molecule has 4 aliphatic carbocycles. The van der Waals surface area contributed by atoms with Gasteiger partial charge in [0, 0.05) is 30.6 Å². The van der Waals surface area contributed by atoms with Gasteiger partial charge in [-0.05, 0) is 140 Å². The Labute approximate surface area is 284 Å². The van der Waals surface area contributed by atoms with Gasteiger partial charge in [-0.25, -0.2) is 5.48 Å². The Hall–Kier alpha value is -3.27. The summed E-state index contributed by atoms with van der Waals surface area (Å²) in [7, 11) is 0. The third-order valence-electron chi connectivity index (χ3n) is 13.3. The van der Waals surface area contributed by atoms with Gasteiger partial charge in [-0.3, -0.25) is 19.6 Å². The number of carbonyl (C=O) groups is 3. The van der Waals surface area contributed by atoms with Crippen molar-refractivity contribution >= 4 is 17.7 Å². The van der Waals surface area contributed by atoms with Crippen LogP contribution < -0.4 is 16.1 Å². The summed E-state index contributed by atoms with van der Waals surface area (Å²) in [6.45, 7) is 5.64. The van der Waals surface area contributed by atoms with Gasteiger partial charge in [0.1, 0.15) is 0 Å². The fraction of sp³-hybridized carbons (Fsp3) is 0.615. The molecular formula is C39H53N3O6. The number of fused-ring (bicyclic) bond motifs is 5. The molecule has 0 aliphatic heterocycles. The lowest BCUT2D eigenvalue weighted by atomic mass is 9.44. The molecule has 48 heavy (non-hydrogen) atoms. The molecule has 0 radical (unpaired) electrons. The number of carbonyl (C=O) groups excluding carboxylic acids is 3. The fourth-order valence-corrected chi connectivity index (χ4v) is 10.5. The molecule has 0 bridgehead atoms. The molecule has 3 amide bonds. The Kier molecular flexibility index (Phi) is 10.3. The van der Waals surface area contributed by atoms with Crippen molar-refractivity contribution in [3.05, 3.63) is 70.8 Å². The third kappa shape index (κ3) is 6.92. The number of amides is 3. The highest BCUT2D eigenvalue weighted by Crippen LogP contribution is 2.67. The van der Waals surface area contributed by atoms with Crippen LogP contribution >= 0.6 is 0 Å². The zero-order chi connectivity index (χ0) is 34.1. The van der Waals surface area contributed by atoms with E-state index in [1.54, 1.807) is 41.9 Å². The smallest absolute Gasteiger partial charge is 0.274 e. The number of rotatable bonds is 10. The number of hydrogen-bond donors (Lipinski definition) is 6. The highest BCUT2D eigenvalue weighted by molar-refractivity contribution is 5.94. The van der Waals surface area contributed by atoms with Crippen molar-refractivity contribution < 1.29 is 29.8 Å². The molecule has 9 atom stereocenters. The summed E-state index contributed by atoms with van der Waals surface area (Å²) in [6.07, 6.45) is 10.4. The molecule has 9 nitrogen and oxygen atoms in total. The highest BCUT2D eigenvalue weighted by Gasteiger charge is 2.62. The van der Waals surface area contributed by atoms with E-state index in [2.05, 4.69) is 24.5 Å². The van der Waals surface area contributed by atoms with Crippen molar-refractivity contribution in [3.63, 3.8) is 0 Å². The van der Waals surface area contributed by atoms with E-state index in [4.69, 9.17) is 5.21 Å². The molecule has 0 spiro atoms. The topological polar surface area (TPSA) is 148 Å². The van der Waals surface area contributed by atoms with E-state index in [0.717, 1.165) is 49.7 Å². The second kappa shape index (κ2) is 14.3. The summed E-state index contributed by atoms with van der Waals surface area (Å²) in [5, 5.41) is 36.4. The molecule has 2 aromatic rings. The molecule has 4 aliphatic rings. The van der Waals surface area contributed by atoms with Gasteiger partial charge in [0.25, 0.3) is 11.8 Å². The van der Waals surface area contributed by atoms with Crippen molar-refractivity contribution in [1.29, 1.82) is 0 Å². The minimum Gasteiger partial charge on any atom is -0.393 e. The van der Waals surface area contributed by atoms with Gasteiger partial charge in [0.05, 0.1) is 12.2 Å². The Morgan fingerprint density at radius 2 is 1.35 bits per heavy atom. The monoisotopic (exact) mass is 659 g/mol. The van der Waals surface area contributed by atoms with Gasteiger partial charge in [0.2, 0.25) is 5.91 Å². The van der Waals surface area contributed by atoms with Crippen LogP contribution in [0.2, 0.25) is 0 Å². The maximum atomic E-state index is 12.8. The van der Waals surface area contributed by atoms with Gasteiger partial charge in [0.15, 0.2) is 0 Å². The molecular weight excluding hydrogens is 606 g/mol. The van der Waals surface area contributed by atoms with Crippen molar-refractivity contribution in [1.82, 2.24) is 16.1 Å². The van der Waals surface area contributed by atoms with Gasteiger partial charge in [-0.1, -0.05) is 38.1 Å². The van der Waals surface area contributed by atoms with Crippen LogP contribution in [-0.4, -0.2) is 45.3 Å². The lowest BCUT2D eigenvalue weighted by molar-refractivity contribution is -0.172. The summed E-state index contributed by atoms with van der Waals surface area (Å²) in [4.78, 5) is 36.9. The van der Waals surface area contributed by atoms with E-state index in [9.17, 15) is 24.6 Å². The number of hydrogen-bond acceptors (Lipinski definition) is 6. The first-order valence-corrected chi connectivity index (χ1v) is 18.0. The summed E-state index contributed by atoms with van der Waals surface area (Å²) in [5.74, 6) is 1.73. The first-order valence-electron chi connectivity index (χ1n) is 18.0. The highest BCUT2D eigenvalue weighted by atomic mass is 16.5. The minimum absolute atomic E-state index is 0.0453. The lowest BCUT2D eigenvalue weighted by Gasteiger charge is -2.62. The second-order valence-corrected chi connectivity index (χ2v) is 15.7. The van der Waals surface area contributed by atoms with Gasteiger partial charge < -0.3 is 20.8 Å². The molecule has 6 rings (SSSR count). The summed E-state index contributed by atoms with van der Waals surface area (Å²) < 4.78 is 0. The van der Waals surface area contributed by atoms with E-state index in [0.29, 0.717) is 60.2 Å². The maximum Gasteiger partial charge on any atom is 0.274 e. The van der Waals surface area contributed by atoms with E-state index >= 15 is 0 Å². The Bertz CT molecular complexity index is 1460. The summed E-state index contributed by atoms with van der Waals surface area (Å²) >= 11 is 0. The molecule has 2 aromatic carbocycles. The maximum absolute atomic E-state index is 12.8. The van der Waals surface area contributed by atoms with E-state index in [1.165, 1.54) is 25.7 Å². The predicted molar refractivity (Wildman–Crippen MR) is 182 cm³/mol. The van der Waals surface area contributed by atoms with Gasteiger partial charge in [-0.2, -0.15) is 0 Å². The molecule has 0 saturated heterocycles. The van der Waals surface area contributed by atoms with Crippen LogP contribution in [0.3, 0.4) is 0 Å². The zero-order valence-corrected chi connectivity index (χ0v) is 28.4. The van der Waals surface area contributed by atoms with Crippen molar-refractivity contribution in [2.75, 3.05) is 0 Å². The van der Waals surface area contributed by atoms with Gasteiger partial charge >= 0.3 is 0 Å². The van der Waals surface area contributed by atoms with E-state index < -0.39 is 5.91 Å². The predicted octanol–water partition coefficient (Wildman–Crippen LogP) is 5.51. The minimum atomic E-state index is -0.590. The standard InChI is InChI=1S/C39H53N3O6/c1-38-19-17-32-35(33(44)21-29-20-30(43)16-18-39(29,32)2)31(38)15-14-28(38)4-3-5-34(45)40-22-24-6-10-26(11-7-24)36(46)41-23-25-8-12-27(13-9-25)37(47)42-48/h6-13,28-33,35,43-44,48H,3-5,14-23H2,1-2H3,(H,40,45)(H,41,46)(H,42,47)/t28?,29?,30-,31?,32?,33?,35?,38?,39?/m1/s1. The lowest BCUT2D eigenvalue weighted by Crippen LogP contribution is -2.58. The Morgan fingerprint density at radius 1 is 0.750 bits per heavy atom. The van der Waals surface area contributed by atoms with Crippen molar-refractivity contribution in [2.24, 2.45) is 40.4 Å². The van der Waals surface area contributed by atoms with Crippen molar-refractivity contribution in [2.45, 2.75) is 110 Å². The van der Waals surface area contributed by atoms with Crippen LogP contribution in [0, 0.1) is 40.4 Å². The van der Waals surface area contributed by atoms with Crippen LogP contribution in [0.5, 0.6) is 0 Å². The number of nitrogens with one attached hydrogen (secondary N) is 3. The molecule has 4 saturated carbocycles. The molecule has 6 N–H and O–H groups in total. The average Bonchev–Trinajstić information content (AvgIpc) is 3.43.